The fraction of sp³-hybridized carbons (Fsp3) is 0.733. The Balaban J connectivity index is 0.00000220. The van der Waals surface area contributed by atoms with Gasteiger partial charge in [-0.25, -0.2) is 0 Å². The van der Waals surface area contributed by atoms with Gasteiger partial charge < -0.3 is 10.6 Å². The van der Waals surface area contributed by atoms with Crippen LogP contribution >= 0.6 is 12.4 Å². The highest BCUT2D eigenvalue weighted by Gasteiger charge is 2.19. The van der Waals surface area contributed by atoms with Gasteiger partial charge in [0.25, 0.3) is 5.91 Å². The van der Waals surface area contributed by atoms with Crippen LogP contribution in [-0.4, -0.2) is 34.8 Å². The van der Waals surface area contributed by atoms with Crippen molar-refractivity contribution in [2.45, 2.75) is 52.1 Å². The second kappa shape index (κ2) is 8.39. The van der Waals surface area contributed by atoms with Gasteiger partial charge in [-0.05, 0) is 38.3 Å². The number of aromatic nitrogens is 2. The molecule has 1 aliphatic rings. The maximum absolute atomic E-state index is 12.2. The molecule has 0 bridgehead atoms. The van der Waals surface area contributed by atoms with E-state index < -0.39 is 0 Å². The largest absolute Gasteiger partial charge is 0.348 e. The highest BCUT2D eigenvalue weighted by molar-refractivity contribution is 5.92. The minimum Gasteiger partial charge on any atom is -0.348 e. The summed E-state index contributed by atoms with van der Waals surface area (Å²) in [5, 5.41) is 10.8. The molecule has 1 fully saturated rings. The van der Waals surface area contributed by atoms with E-state index in [9.17, 15) is 4.79 Å². The van der Waals surface area contributed by atoms with Gasteiger partial charge in [0.1, 0.15) is 5.69 Å². The van der Waals surface area contributed by atoms with E-state index in [4.69, 9.17) is 0 Å². The summed E-state index contributed by atoms with van der Waals surface area (Å²) >= 11 is 0. The monoisotopic (exact) mass is 314 g/mol. The summed E-state index contributed by atoms with van der Waals surface area (Å²) in [6.07, 6.45) is 5.26. The first-order valence-corrected chi connectivity index (χ1v) is 7.68. The van der Waals surface area contributed by atoms with Crippen molar-refractivity contribution in [3.05, 3.63) is 18.0 Å². The third kappa shape index (κ3) is 4.71. The van der Waals surface area contributed by atoms with Gasteiger partial charge in [-0.3, -0.25) is 9.48 Å². The number of hydrogen-bond acceptors (Lipinski definition) is 3. The molecule has 0 aliphatic carbocycles. The van der Waals surface area contributed by atoms with E-state index in [2.05, 4.69) is 29.6 Å². The van der Waals surface area contributed by atoms with Gasteiger partial charge >= 0.3 is 0 Å². The molecule has 0 saturated carbocycles. The van der Waals surface area contributed by atoms with Gasteiger partial charge in [0.15, 0.2) is 0 Å². The Hall–Kier alpha value is -1.07. The van der Waals surface area contributed by atoms with Crippen molar-refractivity contribution in [1.82, 2.24) is 20.4 Å². The van der Waals surface area contributed by atoms with E-state index in [1.54, 1.807) is 0 Å². The molecule has 6 heteroatoms. The molecule has 1 saturated heterocycles. The van der Waals surface area contributed by atoms with E-state index >= 15 is 0 Å². The molecule has 5 nitrogen and oxygen atoms in total. The number of carbonyl (C=O) groups excluding carboxylic acids is 1. The Kier molecular flexibility index (Phi) is 7.18. The van der Waals surface area contributed by atoms with Gasteiger partial charge in [0, 0.05) is 18.8 Å². The van der Waals surface area contributed by atoms with E-state index in [-0.39, 0.29) is 24.4 Å². The van der Waals surface area contributed by atoms with Crippen molar-refractivity contribution in [1.29, 1.82) is 0 Å². The van der Waals surface area contributed by atoms with E-state index in [0.717, 1.165) is 32.4 Å². The van der Waals surface area contributed by atoms with Crippen molar-refractivity contribution in [3.63, 3.8) is 0 Å². The molecular formula is C15H27ClN4O. The highest BCUT2D eigenvalue weighted by atomic mass is 35.5. The van der Waals surface area contributed by atoms with E-state index in [1.165, 1.54) is 0 Å². The van der Waals surface area contributed by atoms with Crippen LogP contribution in [0.15, 0.2) is 12.3 Å². The maximum atomic E-state index is 12.2. The molecule has 2 rings (SSSR count). The molecule has 2 heterocycles. The van der Waals surface area contributed by atoms with E-state index in [0.29, 0.717) is 17.7 Å². The summed E-state index contributed by atoms with van der Waals surface area (Å²) in [5.41, 5.74) is 0.519. The molecule has 1 aromatic rings. The average Bonchev–Trinajstić information content (AvgIpc) is 2.97. The predicted octanol–water partition coefficient (Wildman–Crippen LogP) is 2.39. The molecule has 0 spiro atoms. The Labute approximate surface area is 133 Å². The van der Waals surface area contributed by atoms with Crippen LogP contribution in [0, 0.1) is 5.92 Å². The number of rotatable bonds is 5. The molecule has 1 amide bonds. The summed E-state index contributed by atoms with van der Waals surface area (Å²) in [6.45, 7) is 8.35. The van der Waals surface area contributed by atoms with E-state index in [1.807, 2.05) is 23.9 Å². The second-order valence-corrected chi connectivity index (χ2v) is 5.83. The summed E-state index contributed by atoms with van der Waals surface area (Å²) in [6, 6.07) is 2.36. The lowest BCUT2D eigenvalue weighted by Gasteiger charge is -2.23. The van der Waals surface area contributed by atoms with Gasteiger partial charge in [-0.1, -0.05) is 20.3 Å². The van der Waals surface area contributed by atoms with Gasteiger partial charge in [0.2, 0.25) is 0 Å². The normalized spacial score (nSPS) is 21.2. The predicted molar refractivity (Wildman–Crippen MR) is 87.0 cm³/mol. The summed E-state index contributed by atoms with van der Waals surface area (Å²) < 4.78 is 1.93. The van der Waals surface area contributed by atoms with Gasteiger partial charge in [-0.2, -0.15) is 5.10 Å². The molecule has 120 valence electrons. The van der Waals surface area contributed by atoms with Crippen LogP contribution in [0.25, 0.3) is 0 Å². The number of nitrogens with zero attached hydrogens (tertiary/aromatic N) is 2. The SMILES string of the molecule is CCC(C)C(C)NC(=O)c1ccn(C2CCCNC2)n1.Cl. The molecule has 1 aliphatic heterocycles. The first-order chi connectivity index (χ1) is 9.61. The lowest BCUT2D eigenvalue weighted by molar-refractivity contribution is 0.0921. The van der Waals surface area contributed by atoms with Gasteiger partial charge in [-0.15, -0.1) is 12.4 Å². The zero-order chi connectivity index (χ0) is 14.5. The van der Waals surface area contributed by atoms with Crippen LogP contribution in [0.5, 0.6) is 0 Å². The standard InChI is InChI=1S/C15H26N4O.ClH/c1-4-11(2)12(3)17-15(20)14-7-9-19(18-14)13-6-5-8-16-10-13;/h7,9,11-13,16H,4-6,8,10H2,1-3H3,(H,17,20);1H. The zero-order valence-electron chi connectivity index (χ0n) is 13.1. The van der Waals surface area contributed by atoms with Gasteiger partial charge in [0.05, 0.1) is 6.04 Å². The first-order valence-electron chi connectivity index (χ1n) is 7.68. The summed E-state index contributed by atoms with van der Waals surface area (Å²) in [5.74, 6) is 0.406. The Morgan fingerprint density at radius 1 is 1.57 bits per heavy atom. The average molecular weight is 315 g/mol. The molecule has 0 radical (unpaired) electrons. The zero-order valence-corrected chi connectivity index (χ0v) is 13.9. The lowest BCUT2D eigenvalue weighted by atomic mass is 10.0. The quantitative estimate of drug-likeness (QED) is 0.877. The van der Waals surface area contributed by atoms with Crippen molar-refractivity contribution in [2.24, 2.45) is 5.92 Å². The van der Waals surface area contributed by atoms with Crippen LogP contribution in [-0.2, 0) is 0 Å². The lowest BCUT2D eigenvalue weighted by Crippen LogP contribution is -2.37. The van der Waals surface area contributed by atoms with Crippen LogP contribution in [0.4, 0.5) is 0 Å². The Bertz CT molecular complexity index is 443. The number of halogens is 1. The minimum absolute atomic E-state index is 0. The molecule has 3 unspecified atom stereocenters. The number of carbonyl (C=O) groups is 1. The number of hydrogen-bond donors (Lipinski definition) is 2. The Morgan fingerprint density at radius 3 is 2.95 bits per heavy atom. The summed E-state index contributed by atoms with van der Waals surface area (Å²) in [4.78, 5) is 12.2. The Morgan fingerprint density at radius 2 is 2.33 bits per heavy atom. The number of nitrogens with one attached hydrogen (secondary N) is 2. The summed E-state index contributed by atoms with van der Waals surface area (Å²) in [7, 11) is 0. The fourth-order valence-electron chi connectivity index (χ4n) is 2.50. The van der Waals surface area contributed by atoms with Crippen LogP contribution in [0.2, 0.25) is 0 Å². The third-order valence-electron chi connectivity index (χ3n) is 4.34. The highest BCUT2D eigenvalue weighted by Crippen LogP contribution is 2.16. The van der Waals surface area contributed by atoms with Crippen molar-refractivity contribution < 1.29 is 4.79 Å². The van der Waals surface area contributed by atoms with Crippen molar-refractivity contribution in [2.75, 3.05) is 13.1 Å². The minimum atomic E-state index is -0.0691. The second-order valence-electron chi connectivity index (χ2n) is 5.83. The molecular weight excluding hydrogens is 288 g/mol. The molecule has 2 N–H and O–H groups in total. The molecule has 1 aromatic heterocycles. The number of piperidine rings is 1. The fourth-order valence-corrected chi connectivity index (χ4v) is 2.50. The van der Waals surface area contributed by atoms with Crippen LogP contribution in [0.3, 0.4) is 0 Å². The van der Waals surface area contributed by atoms with Crippen molar-refractivity contribution >= 4 is 18.3 Å². The molecule has 0 aromatic carbocycles. The number of amides is 1. The molecule has 21 heavy (non-hydrogen) atoms. The topological polar surface area (TPSA) is 59.0 Å². The maximum Gasteiger partial charge on any atom is 0.271 e. The third-order valence-corrected chi connectivity index (χ3v) is 4.34. The van der Waals surface area contributed by atoms with Crippen LogP contribution < -0.4 is 10.6 Å². The van der Waals surface area contributed by atoms with Crippen LogP contribution in [0.1, 0.15) is 56.6 Å². The first kappa shape index (κ1) is 18.0. The smallest absolute Gasteiger partial charge is 0.271 e. The van der Waals surface area contributed by atoms with Crippen molar-refractivity contribution in [3.8, 4) is 0 Å². The molecule has 3 atom stereocenters.